The lowest BCUT2D eigenvalue weighted by Crippen LogP contribution is -2.36. The minimum atomic E-state index is -0.152. The number of carbonyl (C=O) groups is 2. The minimum Gasteiger partial charge on any atom is -0.325 e. The van der Waals surface area contributed by atoms with E-state index in [1.54, 1.807) is 11.9 Å². The quantitative estimate of drug-likeness (QED) is 0.859. The molecule has 0 unspecified atom stereocenters. The first kappa shape index (κ1) is 15.7. The zero-order valence-electron chi connectivity index (χ0n) is 12.5. The second kappa shape index (κ2) is 7.95. The first-order chi connectivity index (χ1) is 10.6. The Labute approximate surface area is 129 Å². The molecule has 0 atom stereocenters. The summed E-state index contributed by atoms with van der Waals surface area (Å²) in [6, 6.07) is 18.5. The lowest BCUT2D eigenvalue weighted by molar-refractivity contribution is -0.119. The minimum absolute atomic E-state index is 0.150. The van der Waals surface area contributed by atoms with Gasteiger partial charge in [0.25, 0.3) is 0 Å². The second-order valence-electron chi connectivity index (χ2n) is 5.00. The molecule has 2 aromatic rings. The highest BCUT2D eigenvalue weighted by molar-refractivity contribution is 5.94. The number of likely N-dealkylation sites (N-methyl/N-ethyl adjacent to an activating group) is 1. The van der Waals surface area contributed by atoms with Crippen molar-refractivity contribution in [3.63, 3.8) is 0 Å². The Morgan fingerprint density at radius 1 is 0.773 bits per heavy atom. The maximum absolute atomic E-state index is 11.9. The second-order valence-corrected chi connectivity index (χ2v) is 5.00. The zero-order valence-corrected chi connectivity index (χ0v) is 12.5. The maximum atomic E-state index is 11.9. The van der Waals surface area contributed by atoms with E-state index in [-0.39, 0.29) is 24.9 Å². The van der Waals surface area contributed by atoms with Gasteiger partial charge in [0.15, 0.2) is 0 Å². The van der Waals surface area contributed by atoms with Crippen LogP contribution in [0.1, 0.15) is 0 Å². The van der Waals surface area contributed by atoms with Gasteiger partial charge in [-0.15, -0.1) is 0 Å². The van der Waals surface area contributed by atoms with Crippen molar-refractivity contribution in [2.45, 2.75) is 0 Å². The molecule has 0 aliphatic heterocycles. The topological polar surface area (TPSA) is 61.4 Å². The number of benzene rings is 2. The molecule has 5 nitrogen and oxygen atoms in total. The molecule has 22 heavy (non-hydrogen) atoms. The normalized spacial score (nSPS) is 10.3. The van der Waals surface area contributed by atoms with E-state index >= 15 is 0 Å². The Balaban J connectivity index is 1.76. The van der Waals surface area contributed by atoms with Crippen molar-refractivity contribution < 1.29 is 9.59 Å². The fourth-order valence-electron chi connectivity index (χ4n) is 1.99. The van der Waals surface area contributed by atoms with Crippen molar-refractivity contribution in [2.75, 3.05) is 30.8 Å². The van der Waals surface area contributed by atoms with Gasteiger partial charge in [-0.2, -0.15) is 0 Å². The smallest absolute Gasteiger partial charge is 0.238 e. The molecule has 0 saturated carbocycles. The van der Waals surface area contributed by atoms with Crippen molar-refractivity contribution in [2.24, 2.45) is 0 Å². The number of para-hydroxylation sites is 2. The lowest BCUT2D eigenvalue weighted by atomic mass is 10.3. The molecule has 2 N–H and O–H groups in total. The first-order valence-corrected chi connectivity index (χ1v) is 7.02. The van der Waals surface area contributed by atoms with Crippen LogP contribution in [-0.4, -0.2) is 36.9 Å². The summed E-state index contributed by atoms with van der Waals surface area (Å²) in [6.45, 7) is 0.300. The van der Waals surface area contributed by atoms with Gasteiger partial charge >= 0.3 is 0 Å². The fraction of sp³-hybridized carbons (Fsp3) is 0.176. The number of nitrogens with one attached hydrogen (secondary N) is 2. The molecule has 2 aromatic carbocycles. The van der Waals surface area contributed by atoms with Crippen molar-refractivity contribution in [3.05, 3.63) is 60.7 Å². The van der Waals surface area contributed by atoms with Gasteiger partial charge in [0, 0.05) is 11.4 Å². The van der Waals surface area contributed by atoms with Crippen LogP contribution in [0.15, 0.2) is 60.7 Å². The van der Waals surface area contributed by atoms with Crippen LogP contribution in [0.2, 0.25) is 0 Å². The maximum Gasteiger partial charge on any atom is 0.238 e. The molecular formula is C17H19N3O2. The molecule has 0 aliphatic carbocycles. The van der Waals surface area contributed by atoms with Gasteiger partial charge in [0.05, 0.1) is 13.1 Å². The third-order valence-corrected chi connectivity index (χ3v) is 2.94. The SMILES string of the molecule is CN(CC(=O)Nc1ccccc1)CC(=O)Nc1ccccc1. The molecule has 0 fully saturated rings. The number of amides is 2. The largest absolute Gasteiger partial charge is 0.325 e. The summed E-state index contributed by atoms with van der Waals surface area (Å²) < 4.78 is 0. The van der Waals surface area contributed by atoms with E-state index < -0.39 is 0 Å². The van der Waals surface area contributed by atoms with Gasteiger partial charge < -0.3 is 10.6 Å². The lowest BCUT2D eigenvalue weighted by Gasteiger charge is -2.16. The highest BCUT2D eigenvalue weighted by atomic mass is 16.2. The van der Waals surface area contributed by atoms with Crippen LogP contribution in [0.25, 0.3) is 0 Å². The predicted molar refractivity (Wildman–Crippen MR) is 87.6 cm³/mol. The molecule has 0 saturated heterocycles. The molecule has 0 aliphatic rings. The molecule has 5 heteroatoms. The van der Waals surface area contributed by atoms with Crippen LogP contribution in [0.4, 0.5) is 11.4 Å². The van der Waals surface area contributed by atoms with E-state index in [1.165, 1.54) is 0 Å². The number of rotatable bonds is 6. The summed E-state index contributed by atoms with van der Waals surface area (Å²) in [7, 11) is 1.73. The van der Waals surface area contributed by atoms with Gasteiger partial charge in [0.1, 0.15) is 0 Å². The van der Waals surface area contributed by atoms with Crippen LogP contribution in [-0.2, 0) is 9.59 Å². The van der Waals surface area contributed by atoms with Crippen molar-refractivity contribution >= 4 is 23.2 Å². The van der Waals surface area contributed by atoms with Crippen molar-refractivity contribution in [1.82, 2.24) is 4.90 Å². The molecule has 0 heterocycles. The van der Waals surface area contributed by atoms with E-state index in [0.29, 0.717) is 0 Å². The first-order valence-electron chi connectivity index (χ1n) is 7.02. The van der Waals surface area contributed by atoms with E-state index in [4.69, 9.17) is 0 Å². The Bertz CT molecular complexity index is 559. The van der Waals surface area contributed by atoms with E-state index in [1.807, 2.05) is 60.7 Å². The highest BCUT2D eigenvalue weighted by Crippen LogP contribution is 2.06. The molecule has 2 amide bonds. The molecule has 0 aromatic heterocycles. The molecule has 0 radical (unpaired) electrons. The van der Waals surface area contributed by atoms with E-state index in [0.717, 1.165) is 11.4 Å². The third-order valence-electron chi connectivity index (χ3n) is 2.94. The molecular weight excluding hydrogens is 278 g/mol. The van der Waals surface area contributed by atoms with Crippen LogP contribution < -0.4 is 10.6 Å². The van der Waals surface area contributed by atoms with Gasteiger partial charge in [0.2, 0.25) is 11.8 Å². The number of hydrogen-bond donors (Lipinski definition) is 2. The molecule has 0 bridgehead atoms. The Morgan fingerprint density at radius 2 is 1.14 bits per heavy atom. The number of carbonyl (C=O) groups excluding carboxylic acids is 2. The molecule has 114 valence electrons. The summed E-state index contributed by atoms with van der Waals surface area (Å²) in [5.41, 5.74) is 1.49. The van der Waals surface area contributed by atoms with Crippen LogP contribution in [0.5, 0.6) is 0 Å². The van der Waals surface area contributed by atoms with Crippen LogP contribution in [0, 0.1) is 0 Å². The summed E-state index contributed by atoms with van der Waals surface area (Å²) in [4.78, 5) is 25.4. The van der Waals surface area contributed by atoms with Gasteiger partial charge in [-0.25, -0.2) is 0 Å². The average molecular weight is 297 g/mol. The molecule has 2 rings (SSSR count). The van der Waals surface area contributed by atoms with Crippen LogP contribution >= 0.6 is 0 Å². The summed E-state index contributed by atoms with van der Waals surface area (Å²) in [6.07, 6.45) is 0. The zero-order chi connectivity index (χ0) is 15.8. The van der Waals surface area contributed by atoms with Crippen LogP contribution in [0.3, 0.4) is 0 Å². The predicted octanol–water partition coefficient (Wildman–Crippen LogP) is 2.20. The number of anilines is 2. The van der Waals surface area contributed by atoms with Gasteiger partial charge in [-0.05, 0) is 31.3 Å². The number of nitrogens with zero attached hydrogens (tertiary/aromatic N) is 1. The summed E-state index contributed by atoms with van der Waals surface area (Å²) >= 11 is 0. The third kappa shape index (κ3) is 5.38. The van der Waals surface area contributed by atoms with E-state index in [2.05, 4.69) is 10.6 Å². The Hall–Kier alpha value is -2.66. The van der Waals surface area contributed by atoms with Gasteiger partial charge in [-0.3, -0.25) is 14.5 Å². The Morgan fingerprint density at radius 3 is 1.50 bits per heavy atom. The summed E-state index contributed by atoms with van der Waals surface area (Å²) in [5, 5.41) is 5.57. The highest BCUT2D eigenvalue weighted by Gasteiger charge is 2.11. The monoisotopic (exact) mass is 297 g/mol. The van der Waals surface area contributed by atoms with Crippen molar-refractivity contribution in [3.8, 4) is 0 Å². The number of hydrogen-bond acceptors (Lipinski definition) is 3. The molecule has 0 spiro atoms. The van der Waals surface area contributed by atoms with E-state index in [9.17, 15) is 9.59 Å². The summed E-state index contributed by atoms with van der Waals surface area (Å²) in [5.74, 6) is -0.303. The standard InChI is InChI=1S/C17H19N3O2/c1-20(12-16(21)18-14-8-4-2-5-9-14)13-17(22)19-15-10-6-3-7-11-15/h2-11H,12-13H2,1H3,(H,18,21)(H,19,22). The Kier molecular flexibility index (Phi) is 5.68. The van der Waals surface area contributed by atoms with Gasteiger partial charge in [-0.1, -0.05) is 36.4 Å². The fourth-order valence-corrected chi connectivity index (χ4v) is 1.99. The average Bonchev–Trinajstić information content (AvgIpc) is 2.48. The van der Waals surface area contributed by atoms with Crippen molar-refractivity contribution in [1.29, 1.82) is 0 Å².